The molecule has 1 heterocycles. The molecule has 6 heteroatoms. The Kier molecular flexibility index (Phi) is 5.71. The summed E-state index contributed by atoms with van der Waals surface area (Å²) in [6.07, 6.45) is 0. The Morgan fingerprint density at radius 3 is 2.35 bits per heavy atom. The second-order valence-electron chi connectivity index (χ2n) is 4.33. The summed E-state index contributed by atoms with van der Waals surface area (Å²) in [5.41, 5.74) is 0. The van der Waals surface area contributed by atoms with Crippen LogP contribution in [-0.2, 0) is 9.59 Å². The summed E-state index contributed by atoms with van der Waals surface area (Å²) in [5, 5.41) is 2.60. The van der Waals surface area contributed by atoms with Crippen molar-refractivity contribution in [3.05, 3.63) is 0 Å². The van der Waals surface area contributed by atoms with E-state index in [4.69, 9.17) is 11.6 Å². The molecule has 0 spiro atoms. The van der Waals surface area contributed by atoms with Gasteiger partial charge in [-0.15, -0.1) is 11.6 Å². The van der Waals surface area contributed by atoms with E-state index in [9.17, 15) is 9.59 Å². The molecule has 1 unspecified atom stereocenters. The lowest BCUT2D eigenvalue weighted by molar-refractivity contribution is -0.136. The molecular formula is C11H20ClN3O2. The van der Waals surface area contributed by atoms with Crippen molar-refractivity contribution >= 4 is 23.4 Å². The lowest BCUT2D eigenvalue weighted by atomic mass is 10.1. The van der Waals surface area contributed by atoms with Gasteiger partial charge in [-0.25, -0.2) is 0 Å². The predicted molar refractivity (Wildman–Crippen MR) is 67.0 cm³/mol. The number of nitrogens with zero attached hydrogens (tertiary/aromatic N) is 2. The third kappa shape index (κ3) is 4.16. The highest BCUT2D eigenvalue weighted by Crippen LogP contribution is 2.08. The van der Waals surface area contributed by atoms with Gasteiger partial charge in [0.05, 0.1) is 6.54 Å². The summed E-state index contributed by atoms with van der Waals surface area (Å²) >= 11 is 5.67. The van der Waals surface area contributed by atoms with E-state index in [0.29, 0.717) is 25.5 Å². The van der Waals surface area contributed by atoms with Gasteiger partial charge in [-0.2, -0.15) is 0 Å². The van der Waals surface area contributed by atoms with Crippen LogP contribution in [0.2, 0.25) is 0 Å². The molecule has 1 atom stereocenters. The van der Waals surface area contributed by atoms with Gasteiger partial charge in [0, 0.05) is 45.0 Å². The number of carbonyl (C=O) groups is 2. The van der Waals surface area contributed by atoms with E-state index < -0.39 is 0 Å². The van der Waals surface area contributed by atoms with Crippen LogP contribution in [0.4, 0.5) is 0 Å². The topological polar surface area (TPSA) is 52.7 Å². The smallest absolute Gasteiger partial charge is 0.233 e. The van der Waals surface area contributed by atoms with Crippen molar-refractivity contribution < 1.29 is 9.59 Å². The number of carbonyl (C=O) groups excluding carboxylic acids is 2. The van der Waals surface area contributed by atoms with E-state index in [1.54, 1.807) is 7.05 Å². The lowest BCUT2D eigenvalue weighted by Crippen LogP contribution is -2.52. The van der Waals surface area contributed by atoms with Crippen LogP contribution in [0, 0.1) is 5.92 Å². The Balaban J connectivity index is 2.35. The number of amides is 2. The van der Waals surface area contributed by atoms with E-state index in [0.717, 1.165) is 13.1 Å². The highest BCUT2D eigenvalue weighted by Gasteiger charge is 2.24. The number of rotatable bonds is 4. The van der Waals surface area contributed by atoms with Gasteiger partial charge >= 0.3 is 0 Å². The van der Waals surface area contributed by atoms with E-state index in [1.165, 1.54) is 0 Å². The van der Waals surface area contributed by atoms with Crippen molar-refractivity contribution in [2.24, 2.45) is 5.92 Å². The standard InChI is InChI=1S/C11H20ClN3O2/c1-9(7-12)11(17)15-5-3-14(4-6-15)8-10(16)13-2/h9H,3-8H2,1-2H3,(H,13,16). The molecule has 0 bridgehead atoms. The minimum atomic E-state index is -0.123. The number of hydrogen-bond donors (Lipinski definition) is 1. The van der Waals surface area contributed by atoms with Crippen LogP contribution in [0.25, 0.3) is 0 Å². The molecule has 1 aliphatic heterocycles. The van der Waals surface area contributed by atoms with Crippen molar-refractivity contribution in [2.45, 2.75) is 6.92 Å². The molecule has 1 fully saturated rings. The summed E-state index contributed by atoms with van der Waals surface area (Å²) < 4.78 is 0. The minimum Gasteiger partial charge on any atom is -0.358 e. The maximum atomic E-state index is 11.9. The molecule has 17 heavy (non-hydrogen) atoms. The first-order chi connectivity index (χ1) is 8.08. The third-order valence-corrected chi connectivity index (χ3v) is 3.45. The fourth-order valence-electron chi connectivity index (χ4n) is 1.79. The SMILES string of the molecule is CNC(=O)CN1CCN(C(=O)C(C)CCl)CC1. The Bertz CT molecular complexity index is 278. The van der Waals surface area contributed by atoms with Gasteiger partial charge in [-0.1, -0.05) is 6.92 Å². The molecule has 5 nitrogen and oxygen atoms in total. The molecule has 1 saturated heterocycles. The summed E-state index contributed by atoms with van der Waals surface area (Å²) in [6.45, 7) is 5.09. The summed E-state index contributed by atoms with van der Waals surface area (Å²) in [6, 6.07) is 0. The van der Waals surface area contributed by atoms with Gasteiger partial charge in [0.15, 0.2) is 0 Å². The Morgan fingerprint density at radius 2 is 1.88 bits per heavy atom. The van der Waals surface area contributed by atoms with Crippen molar-refractivity contribution in [1.29, 1.82) is 0 Å². The van der Waals surface area contributed by atoms with E-state index in [1.807, 2.05) is 16.7 Å². The first kappa shape index (κ1) is 14.3. The molecule has 0 aliphatic carbocycles. The van der Waals surface area contributed by atoms with E-state index in [-0.39, 0.29) is 17.7 Å². The highest BCUT2D eigenvalue weighted by molar-refractivity contribution is 6.19. The van der Waals surface area contributed by atoms with Crippen LogP contribution in [0.15, 0.2) is 0 Å². The first-order valence-electron chi connectivity index (χ1n) is 5.86. The zero-order valence-corrected chi connectivity index (χ0v) is 11.2. The summed E-state index contributed by atoms with van der Waals surface area (Å²) in [4.78, 5) is 26.9. The van der Waals surface area contributed by atoms with Crippen LogP contribution < -0.4 is 5.32 Å². The minimum absolute atomic E-state index is 0.0129. The lowest BCUT2D eigenvalue weighted by Gasteiger charge is -2.35. The van der Waals surface area contributed by atoms with Crippen LogP contribution in [0.5, 0.6) is 0 Å². The summed E-state index contributed by atoms with van der Waals surface area (Å²) in [5.74, 6) is 0.359. The van der Waals surface area contributed by atoms with Gasteiger partial charge in [-0.3, -0.25) is 14.5 Å². The number of alkyl halides is 1. The number of likely N-dealkylation sites (N-methyl/N-ethyl adjacent to an activating group) is 1. The molecule has 2 amide bonds. The van der Waals surface area contributed by atoms with Crippen molar-refractivity contribution in [3.63, 3.8) is 0 Å². The second-order valence-corrected chi connectivity index (χ2v) is 4.64. The molecule has 0 saturated carbocycles. The van der Waals surface area contributed by atoms with Gasteiger partial charge in [0.25, 0.3) is 0 Å². The van der Waals surface area contributed by atoms with Crippen LogP contribution in [0.1, 0.15) is 6.92 Å². The van der Waals surface area contributed by atoms with Crippen molar-refractivity contribution in [1.82, 2.24) is 15.1 Å². The molecule has 1 rings (SSSR count). The van der Waals surface area contributed by atoms with E-state index in [2.05, 4.69) is 5.32 Å². The van der Waals surface area contributed by atoms with Crippen LogP contribution in [-0.4, -0.2) is 67.3 Å². The van der Waals surface area contributed by atoms with Crippen molar-refractivity contribution in [2.75, 3.05) is 45.7 Å². The largest absolute Gasteiger partial charge is 0.358 e. The molecule has 1 N–H and O–H groups in total. The Hall–Kier alpha value is -0.810. The zero-order valence-electron chi connectivity index (χ0n) is 10.4. The number of nitrogens with one attached hydrogen (secondary N) is 1. The first-order valence-corrected chi connectivity index (χ1v) is 6.39. The molecule has 0 aromatic heterocycles. The number of halogens is 1. The number of hydrogen-bond acceptors (Lipinski definition) is 3. The van der Waals surface area contributed by atoms with Crippen molar-refractivity contribution in [3.8, 4) is 0 Å². The maximum absolute atomic E-state index is 11.9. The molecule has 0 aromatic rings. The monoisotopic (exact) mass is 261 g/mol. The summed E-state index contributed by atoms with van der Waals surface area (Å²) in [7, 11) is 1.63. The molecule has 98 valence electrons. The molecular weight excluding hydrogens is 242 g/mol. The maximum Gasteiger partial charge on any atom is 0.233 e. The Labute approximate surface area is 107 Å². The quantitative estimate of drug-likeness (QED) is 0.711. The molecule has 1 aliphatic rings. The zero-order chi connectivity index (χ0) is 12.8. The van der Waals surface area contributed by atoms with Gasteiger partial charge in [-0.05, 0) is 0 Å². The fraction of sp³-hybridized carbons (Fsp3) is 0.818. The average molecular weight is 262 g/mol. The fourth-order valence-corrected chi connectivity index (χ4v) is 1.92. The normalized spacial score (nSPS) is 18.9. The average Bonchev–Trinajstić information content (AvgIpc) is 2.37. The van der Waals surface area contributed by atoms with Gasteiger partial charge in [0.1, 0.15) is 0 Å². The van der Waals surface area contributed by atoms with Gasteiger partial charge < -0.3 is 10.2 Å². The third-order valence-electron chi connectivity index (χ3n) is 2.98. The molecule has 0 aromatic carbocycles. The van der Waals surface area contributed by atoms with E-state index >= 15 is 0 Å². The van der Waals surface area contributed by atoms with Gasteiger partial charge in [0.2, 0.25) is 11.8 Å². The molecule has 0 radical (unpaired) electrons. The van der Waals surface area contributed by atoms with Crippen LogP contribution >= 0.6 is 11.6 Å². The van der Waals surface area contributed by atoms with Crippen LogP contribution in [0.3, 0.4) is 0 Å². The number of piperazine rings is 1. The Morgan fingerprint density at radius 1 is 1.29 bits per heavy atom. The highest BCUT2D eigenvalue weighted by atomic mass is 35.5. The second kappa shape index (κ2) is 6.81. The predicted octanol–water partition coefficient (Wildman–Crippen LogP) is -0.248.